The van der Waals surface area contributed by atoms with Gasteiger partial charge in [-0.05, 0) is 31.5 Å². The second-order valence-corrected chi connectivity index (χ2v) is 5.87. The molecule has 3 aromatic heterocycles. The van der Waals surface area contributed by atoms with E-state index in [1.54, 1.807) is 12.3 Å². The number of amides is 1. The Morgan fingerprint density at radius 2 is 2.08 bits per heavy atom. The van der Waals surface area contributed by atoms with E-state index in [2.05, 4.69) is 25.1 Å². The van der Waals surface area contributed by atoms with Gasteiger partial charge in [-0.2, -0.15) is 10.1 Å². The fraction of sp³-hybridized carbons (Fsp3) is 0.375. The summed E-state index contributed by atoms with van der Waals surface area (Å²) in [7, 11) is 0. The zero-order valence-corrected chi connectivity index (χ0v) is 13.4. The van der Waals surface area contributed by atoms with E-state index in [4.69, 9.17) is 4.42 Å². The van der Waals surface area contributed by atoms with Crippen LogP contribution in [0.2, 0.25) is 0 Å². The average molecular weight is 326 g/mol. The number of rotatable bonds is 2. The van der Waals surface area contributed by atoms with Crippen LogP contribution in [0.4, 0.5) is 6.01 Å². The first-order valence-electron chi connectivity index (χ1n) is 7.98. The third-order valence-electron chi connectivity index (χ3n) is 4.17. The van der Waals surface area contributed by atoms with Gasteiger partial charge in [0.25, 0.3) is 11.9 Å². The molecule has 0 saturated carbocycles. The first-order chi connectivity index (χ1) is 11.7. The monoisotopic (exact) mass is 326 g/mol. The molecule has 24 heavy (non-hydrogen) atoms. The van der Waals surface area contributed by atoms with Gasteiger partial charge in [0.2, 0.25) is 5.65 Å². The van der Waals surface area contributed by atoms with Gasteiger partial charge in [0.15, 0.2) is 5.58 Å². The van der Waals surface area contributed by atoms with Crippen molar-refractivity contribution in [2.75, 3.05) is 31.1 Å². The Morgan fingerprint density at radius 1 is 1.17 bits per heavy atom. The quantitative estimate of drug-likeness (QED) is 0.769. The SMILES string of the molecule is Cc1ccc2oc(N3CCCN(C(=O)c4ccn[nH]4)CC3)nc2n1. The third-order valence-corrected chi connectivity index (χ3v) is 4.17. The maximum absolute atomic E-state index is 12.4. The van der Waals surface area contributed by atoms with Crippen molar-refractivity contribution in [1.29, 1.82) is 0 Å². The molecule has 1 aliphatic heterocycles. The molecule has 8 nitrogen and oxygen atoms in total. The molecule has 0 unspecified atom stereocenters. The topological polar surface area (TPSA) is 91.2 Å². The summed E-state index contributed by atoms with van der Waals surface area (Å²) in [6.45, 7) is 4.71. The summed E-state index contributed by atoms with van der Waals surface area (Å²) in [6, 6.07) is 6.06. The van der Waals surface area contributed by atoms with Crippen LogP contribution in [0, 0.1) is 6.92 Å². The smallest absolute Gasteiger partial charge is 0.300 e. The fourth-order valence-corrected chi connectivity index (χ4v) is 2.89. The molecular formula is C16H18N6O2. The van der Waals surface area contributed by atoms with E-state index in [1.165, 1.54) is 0 Å². The maximum Gasteiger partial charge on any atom is 0.300 e. The van der Waals surface area contributed by atoms with Crippen molar-refractivity contribution in [2.45, 2.75) is 13.3 Å². The highest BCUT2D eigenvalue weighted by Crippen LogP contribution is 2.22. The van der Waals surface area contributed by atoms with E-state index < -0.39 is 0 Å². The molecule has 0 spiro atoms. The molecule has 1 aliphatic rings. The van der Waals surface area contributed by atoms with Crippen LogP contribution in [0.25, 0.3) is 11.2 Å². The molecule has 0 bridgehead atoms. The number of aromatic amines is 1. The number of carbonyl (C=O) groups is 1. The standard InChI is InChI=1S/C16H18N6O2/c1-11-3-4-13-14(18-11)19-16(24-13)22-8-2-7-21(9-10-22)15(23)12-5-6-17-20-12/h3-6H,2,7-10H2,1H3,(H,17,20). The van der Waals surface area contributed by atoms with Crippen molar-refractivity contribution in [3.05, 3.63) is 35.8 Å². The lowest BCUT2D eigenvalue weighted by atomic mass is 10.3. The lowest BCUT2D eigenvalue weighted by molar-refractivity contribution is 0.0761. The second kappa shape index (κ2) is 5.95. The number of fused-ring (bicyclic) bond motifs is 1. The molecule has 0 aromatic carbocycles. The first kappa shape index (κ1) is 14.7. The highest BCUT2D eigenvalue weighted by molar-refractivity contribution is 5.92. The van der Waals surface area contributed by atoms with Crippen LogP contribution in [0.15, 0.2) is 28.8 Å². The molecular weight excluding hydrogens is 308 g/mol. The second-order valence-electron chi connectivity index (χ2n) is 5.87. The Bertz CT molecular complexity index is 857. The Balaban J connectivity index is 1.50. The molecule has 1 fully saturated rings. The number of nitrogens with zero attached hydrogens (tertiary/aromatic N) is 5. The summed E-state index contributed by atoms with van der Waals surface area (Å²) in [6.07, 6.45) is 2.44. The maximum atomic E-state index is 12.4. The van der Waals surface area contributed by atoms with Crippen LogP contribution in [-0.2, 0) is 0 Å². The molecule has 1 amide bonds. The van der Waals surface area contributed by atoms with Crippen LogP contribution in [0.3, 0.4) is 0 Å². The minimum Gasteiger partial charge on any atom is -0.422 e. The van der Waals surface area contributed by atoms with Crippen molar-refractivity contribution in [3.8, 4) is 0 Å². The van der Waals surface area contributed by atoms with E-state index in [0.717, 1.165) is 18.7 Å². The lowest BCUT2D eigenvalue weighted by Crippen LogP contribution is -2.35. The molecule has 0 atom stereocenters. The highest BCUT2D eigenvalue weighted by Gasteiger charge is 2.23. The molecule has 0 aliphatic carbocycles. The number of carbonyl (C=O) groups excluding carboxylic acids is 1. The van der Waals surface area contributed by atoms with Gasteiger partial charge in [-0.15, -0.1) is 0 Å². The summed E-state index contributed by atoms with van der Waals surface area (Å²) >= 11 is 0. The Hall–Kier alpha value is -2.90. The Labute approximate surface area is 138 Å². The summed E-state index contributed by atoms with van der Waals surface area (Å²) in [4.78, 5) is 25.2. The zero-order chi connectivity index (χ0) is 16.5. The normalized spacial score (nSPS) is 15.7. The zero-order valence-electron chi connectivity index (χ0n) is 13.4. The summed E-state index contributed by atoms with van der Waals surface area (Å²) in [5.74, 6) is -0.0239. The third kappa shape index (κ3) is 2.70. The molecule has 4 rings (SSSR count). The van der Waals surface area contributed by atoms with Crippen LogP contribution in [0.1, 0.15) is 22.6 Å². The Kier molecular flexibility index (Phi) is 3.64. The molecule has 8 heteroatoms. The number of aryl methyl sites for hydroxylation is 1. The van der Waals surface area contributed by atoms with E-state index >= 15 is 0 Å². The van der Waals surface area contributed by atoms with E-state index in [9.17, 15) is 4.79 Å². The van der Waals surface area contributed by atoms with Crippen molar-refractivity contribution in [3.63, 3.8) is 0 Å². The molecule has 1 N–H and O–H groups in total. The van der Waals surface area contributed by atoms with Gasteiger partial charge in [-0.3, -0.25) is 9.89 Å². The van der Waals surface area contributed by atoms with Gasteiger partial charge in [-0.25, -0.2) is 4.98 Å². The van der Waals surface area contributed by atoms with Gasteiger partial charge in [0.1, 0.15) is 5.69 Å². The van der Waals surface area contributed by atoms with E-state index in [1.807, 2.05) is 24.0 Å². The van der Waals surface area contributed by atoms with Gasteiger partial charge in [0, 0.05) is 38.1 Å². The Morgan fingerprint density at radius 3 is 2.92 bits per heavy atom. The van der Waals surface area contributed by atoms with Crippen LogP contribution < -0.4 is 4.90 Å². The number of oxazole rings is 1. The number of anilines is 1. The molecule has 3 aromatic rings. The van der Waals surface area contributed by atoms with Crippen molar-refractivity contribution >= 4 is 23.2 Å². The molecule has 0 radical (unpaired) electrons. The number of hydrogen-bond acceptors (Lipinski definition) is 6. The molecule has 1 saturated heterocycles. The van der Waals surface area contributed by atoms with Gasteiger partial charge in [0.05, 0.1) is 0 Å². The predicted molar refractivity (Wildman–Crippen MR) is 87.9 cm³/mol. The van der Waals surface area contributed by atoms with E-state index in [-0.39, 0.29) is 5.91 Å². The van der Waals surface area contributed by atoms with Crippen LogP contribution >= 0.6 is 0 Å². The van der Waals surface area contributed by atoms with Crippen molar-refractivity contribution in [1.82, 2.24) is 25.1 Å². The number of H-pyrrole nitrogens is 1. The van der Waals surface area contributed by atoms with E-state index in [0.29, 0.717) is 42.6 Å². The van der Waals surface area contributed by atoms with Gasteiger partial charge >= 0.3 is 0 Å². The van der Waals surface area contributed by atoms with Gasteiger partial charge < -0.3 is 14.2 Å². The average Bonchev–Trinajstić information content (AvgIpc) is 3.18. The molecule has 4 heterocycles. The molecule has 124 valence electrons. The van der Waals surface area contributed by atoms with Crippen LogP contribution in [-0.4, -0.2) is 57.2 Å². The fourth-order valence-electron chi connectivity index (χ4n) is 2.89. The summed E-state index contributed by atoms with van der Waals surface area (Å²) in [5, 5.41) is 6.57. The minimum absolute atomic E-state index is 0.0239. The largest absolute Gasteiger partial charge is 0.422 e. The number of pyridine rings is 1. The van der Waals surface area contributed by atoms with Crippen LogP contribution in [0.5, 0.6) is 0 Å². The minimum atomic E-state index is -0.0239. The van der Waals surface area contributed by atoms with Gasteiger partial charge in [-0.1, -0.05) is 0 Å². The highest BCUT2D eigenvalue weighted by atomic mass is 16.4. The summed E-state index contributed by atoms with van der Waals surface area (Å²) in [5.41, 5.74) is 2.74. The summed E-state index contributed by atoms with van der Waals surface area (Å²) < 4.78 is 5.82. The number of hydrogen-bond donors (Lipinski definition) is 1. The number of nitrogens with one attached hydrogen (secondary N) is 1. The number of aromatic nitrogens is 4. The van der Waals surface area contributed by atoms with Crippen molar-refractivity contribution in [2.24, 2.45) is 0 Å². The predicted octanol–water partition coefficient (Wildman–Crippen LogP) is 1.61. The van der Waals surface area contributed by atoms with Crippen molar-refractivity contribution < 1.29 is 9.21 Å². The first-order valence-corrected chi connectivity index (χ1v) is 7.98. The lowest BCUT2D eigenvalue weighted by Gasteiger charge is -2.20.